The molecule has 0 unspecified atom stereocenters. The second-order valence-corrected chi connectivity index (χ2v) is 7.96. The van der Waals surface area contributed by atoms with Crippen molar-refractivity contribution in [2.45, 2.75) is 38.6 Å². The summed E-state index contributed by atoms with van der Waals surface area (Å²) >= 11 is 0. The monoisotopic (exact) mass is 344 g/mol. The number of nitrogens with zero attached hydrogens (tertiary/aromatic N) is 1. The van der Waals surface area contributed by atoms with Crippen LogP contribution in [0.15, 0.2) is 42.5 Å². The Morgan fingerprint density at radius 2 is 1.40 bits per heavy atom. The van der Waals surface area contributed by atoms with Gasteiger partial charge in [-0.15, -0.1) is 0 Å². The van der Waals surface area contributed by atoms with Gasteiger partial charge >= 0.3 is 0 Å². The van der Waals surface area contributed by atoms with Gasteiger partial charge in [-0.1, -0.05) is 18.2 Å². The zero-order chi connectivity index (χ0) is 18.7. The molecule has 0 aliphatic carbocycles. The molecule has 0 saturated carbocycles. The number of rotatable bonds is 7. The van der Waals surface area contributed by atoms with Crippen LogP contribution in [0.3, 0.4) is 0 Å². The van der Waals surface area contributed by atoms with Crippen molar-refractivity contribution in [3.8, 4) is 17.2 Å². The quantitative estimate of drug-likeness (QED) is 0.528. The maximum Gasteiger partial charge on any atom is 0.157 e. The summed E-state index contributed by atoms with van der Waals surface area (Å²) in [7, 11) is 4.47. The standard InChI is InChI=1S/C21H29NO3/c1-21(2,13-11-16-5-8-18(23)9-6-16)22(3,4)14-12-17-7-10-19(24)20(25)15-17/h5-10,15H,11-14H2,1-4H3,(H2-,23,24,25)/p+1. The highest BCUT2D eigenvalue weighted by Gasteiger charge is 2.35. The van der Waals surface area contributed by atoms with E-state index < -0.39 is 0 Å². The number of benzene rings is 2. The van der Waals surface area contributed by atoms with Crippen molar-refractivity contribution >= 4 is 0 Å². The molecule has 0 aliphatic rings. The maximum absolute atomic E-state index is 9.65. The second-order valence-electron chi connectivity index (χ2n) is 7.96. The number of hydrogen-bond acceptors (Lipinski definition) is 3. The average Bonchev–Trinajstić information content (AvgIpc) is 2.55. The van der Waals surface area contributed by atoms with Crippen molar-refractivity contribution in [2.75, 3.05) is 20.6 Å². The van der Waals surface area contributed by atoms with Crippen LogP contribution in [0.4, 0.5) is 0 Å². The van der Waals surface area contributed by atoms with E-state index in [0.717, 1.165) is 35.9 Å². The van der Waals surface area contributed by atoms with Crippen LogP contribution in [0.25, 0.3) is 0 Å². The molecule has 2 aromatic rings. The van der Waals surface area contributed by atoms with Gasteiger partial charge in [0.25, 0.3) is 0 Å². The van der Waals surface area contributed by atoms with Crippen LogP contribution >= 0.6 is 0 Å². The third-order valence-electron chi connectivity index (χ3n) is 5.60. The molecular formula is C21H30NO3+. The first-order valence-electron chi connectivity index (χ1n) is 8.73. The molecule has 0 radical (unpaired) electrons. The third kappa shape index (κ3) is 4.89. The minimum atomic E-state index is -0.0771. The van der Waals surface area contributed by atoms with E-state index >= 15 is 0 Å². The second kappa shape index (κ2) is 7.36. The van der Waals surface area contributed by atoms with Crippen LogP contribution in [-0.4, -0.2) is 46.0 Å². The van der Waals surface area contributed by atoms with Gasteiger partial charge in [0.1, 0.15) is 5.75 Å². The van der Waals surface area contributed by atoms with Crippen molar-refractivity contribution in [2.24, 2.45) is 0 Å². The van der Waals surface area contributed by atoms with E-state index in [2.05, 4.69) is 27.9 Å². The fourth-order valence-corrected chi connectivity index (χ4v) is 2.85. The molecule has 0 aliphatic heterocycles. The topological polar surface area (TPSA) is 60.7 Å². The highest BCUT2D eigenvalue weighted by atomic mass is 16.3. The van der Waals surface area contributed by atoms with E-state index in [1.165, 1.54) is 5.56 Å². The smallest absolute Gasteiger partial charge is 0.157 e. The van der Waals surface area contributed by atoms with Crippen LogP contribution in [0, 0.1) is 0 Å². The van der Waals surface area contributed by atoms with E-state index in [1.807, 2.05) is 18.2 Å². The van der Waals surface area contributed by atoms with E-state index in [0.29, 0.717) is 5.75 Å². The molecule has 0 fully saturated rings. The van der Waals surface area contributed by atoms with E-state index in [-0.39, 0.29) is 17.0 Å². The Balaban J connectivity index is 1.97. The van der Waals surface area contributed by atoms with Crippen LogP contribution in [-0.2, 0) is 12.8 Å². The highest BCUT2D eigenvalue weighted by Crippen LogP contribution is 2.29. The Kier molecular flexibility index (Phi) is 5.63. The Labute approximate surface area is 150 Å². The Hall–Kier alpha value is -2.20. The molecule has 2 rings (SSSR count). The molecule has 3 N–H and O–H groups in total. The fraction of sp³-hybridized carbons (Fsp3) is 0.429. The van der Waals surface area contributed by atoms with Crippen LogP contribution in [0.5, 0.6) is 17.2 Å². The molecular weight excluding hydrogens is 314 g/mol. The van der Waals surface area contributed by atoms with Gasteiger partial charge in [0.2, 0.25) is 0 Å². The van der Waals surface area contributed by atoms with Crippen LogP contribution < -0.4 is 0 Å². The summed E-state index contributed by atoms with van der Waals surface area (Å²) in [5.41, 5.74) is 2.33. The number of aromatic hydroxyl groups is 3. The zero-order valence-corrected chi connectivity index (χ0v) is 15.7. The Morgan fingerprint density at radius 3 is 2.00 bits per heavy atom. The maximum atomic E-state index is 9.65. The van der Waals surface area contributed by atoms with Gasteiger partial charge in [-0.3, -0.25) is 0 Å². The summed E-state index contributed by atoms with van der Waals surface area (Å²) in [6.45, 7) is 5.50. The largest absolute Gasteiger partial charge is 0.508 e. The first-order chi connectivity index (χ1) is 11.6. The fourth-order valence-electron chi connectivity index (χ4n) is 2.85. The molecule has 4 nitrogen and oxygen atoms in total. The molecule has 136 valence electrons. The van der Waals surface area contributed by atoms with Crippen molar-refractivity contribution in [1.29, 1.82) is 0 Å². The third-order valence-corrected chi connectivity index (χ3v) is 5.60. The van der Waals surface area contributed by atoms with E-state index in [1.54, 1.807) is 24.3 Å². The number of hydrogen-bond donors (Lipinski definition) is 3. The minimum absolute atomic E-state index is 0.0607. The van der Waals surface area contributed by atoms with Crippen molar-refractivity contribution in [1.82, 2.24) is 0 Å². The van der Waals surface area contributed by atoms with Crippen molar-refractivity contribution < 1.29 is 19.8 Å². The summed E-state index contributed by atoms with van der Waals surface area (Å²) in [5, 5.41) is 28.5. The van der Waals surface area contributed by atoms with E-state index in [4.69, 9.17) is 0 Å². The molecule has 0 heterocycles. The first-order valence-corrected chi connectivity index (χ1v) is 8.73. The van der Waals surface area contributed by atoms with E-state index in [9.17, 15) is 15.3 Å². The molecule has 0 bridgehead atoms. The molecule has 0 saturated heterocycles. The van der Waals surface area contributed by atoms with Gasteiger partial charge in [-0.2, -0.15) is 0 Å². The predicted octanol–water partition coefficient (Wildman–Crippen LogP) is 3.83. The molecule has 0 aromatic heterocycles. The molecule has 4 heteroatoms. The van der Waals surface area contributed by atoms with Crippen LogP contribution in [0.2, 0.25) is 0 Å². The summed E-state index contributed by atoms with van der Waals surface area (Å²) in [4.78, 5) is 0. The molecule has 0 atom stereocenters. The van der Waals surface area contributed by atoms with Gasteiger partial charge in [0.05, 0.1) is 26.2 Å². The lowest BCUT2D eigenvalue weighted by atomic mass is 9.91. The van der Waals surface area contributed by atoms with Crippen molar-refractivity contribution in [3.05, 3.63) is 53.6 Å². The summed E-state index contributed by atoms with van der Waals surface area (Å²) in [6.07, 6.45) is 2.84. The number of phenolic OH excluding ortho intramolecular Hbond substituents is 3. The van der Waals surface area contributed by atoms with Gasteiger partial charge in [0, 0.05) is 12.8 Å². The molecule has 2 aromatic carbocycles. The van der Waals surface area contributed by atoms with Gasteiger partial charge < -0.3 is 19.8 Å². The lowest BCUT2D eigenvalue weighted by Gasteiger charge is -2.45. The Bertz CT molecular complexity index is 706. The first kappa shape index (κ1) is 19.1. The lowest BCUT2D eigenvalue weighted by Crippen LogP contribution is -2.57. The summed E-state index contributed by atoms with van der Waals surface area (Å²) in [6, 6.07) is 12.5. The van der Waals surface area contributed by atoms with Gasteiger partial charge in [0.15, 0.2) is 11.5 Å². The number of quaternary nitrogens is 1. The molecule has 25 heavy (non-hydrogen) atoms. The minimum Gasteiger partial charge on any atom is -0.508 e. The summed E-state index contributed by atoms with van der Waals surface area (Å²) < 4.78 is 0.854. The SMILES string of the molecule is CC(C)(CCc1ccc(O)cc1)[N+](C)(C)CCc1ccc(O)c(O)c1. The van der Waals surface area contributed by atoms with Gasteiger partial charge in [-0.25, -0.2) is 0 Å². The van der Waals surface area contributed by atoms with Gasteiger partial charge in [-0.05, 0) is 55.7 Å². The Morgan fingerprint density at radius 1 is 0.800 bits per heavy atom. The molecule has 0 spiro atoms. The molecule has 0 amide bonds. The van der Waals surface area contributed by atoms with Crippen LogP contribution in [0.1, 0.15) is 31.4 Å². The normalized spacial score (nSPS) is 12.3. The predicted molar refractivity (Wildman–Crippen MR) is 101 cm³/mol. The number of phenols is 3. The number of aryl methyl sites for hydroxylation is 1. The summed E-state index contributed by atoms with van der Waals surface area (Å²) in [5.74, 6) is 0.164. The zero-order valence-electron chi connectivity index (χ0n) is 15.7. The van der Waals surface area contributed by atoms with Crippen molar-refractivity contribution in [3.63, 3.8) is 0 Å². The average molecular weight is 344 g/mol. The highest BCUT2D eigenvalue weighted by molar-refractivity contribution is 5.40. The number of likely N-dealkylation sites (N-methyl/N-ethyl adjacent to an activating group) is 1. The lowest BCUT2D eigenvalue weighted by molar-refractivity contribution is -0.938.